The Bertz CT molecular complexity index is 958. The van der Waals surface area contributed by atoms with Gasteiger partial charge in [0.25, 0.3) is 5.91 Å². The lowest BCUT2D eigenvalue weighted by Crippen LogP contribution is -2.27. The van der Waals surface area contributed by atoms with E-state index in [1.54, 1.807) is 31.2 Å². The van der Waals surface area contributed by atoms with Gasteiger partial charge in [-0.2, -0.15) is 0 Å². The van der Waals surface area contributed by atoms with Crippen LogP contribution in [0.15, 0.2) is 53.4 Å². The first-order valence-corrected chi connectivity index (χ1v) is 11.1. The van der Waals surface area contributed by atoms with E-state index in [0.29, 0.717) is 18.0 Å². The van der Waals surface area contributed by atoms with Gasteiger partial charge in [-0.15, -0.1) is 0 Å². The Hall–Kier alpha value is -2.95. The number of carbonyl (C=O) groups is 2. The molecular weight excluding hydrogens is 424 g/mol. The summed E-state index contributed by atoms with van der Waals surface area (Å²) >= 11 is 0. The van der Waals surface area contributed by atoms with E-state index in [-0.39, 0.29) is 43.0 Å². The van der Waals surface area contributed by atoms with E-state index in [4.69, 9.17) is 14.2 Å². The minimum atomic E-state index is -3.63. The topological polar surface area (TPSA) is 120 Å². The number of amides is 1. The molecule has 0 aliphatic heterocycles. The zero-order chi connectivity index (χ0) is 22.7. The molecule has 0 bridgehead atoms. The first-order valence-electron chi connectivity index (χ1n) is 9.60. The van der Waals surface area contributed by atoms with Crippen molar-refractivity contribution in [2.75, 3.05) is 38.8 Å². The van der Waals surface area contributed by atoms with Gasteiger partial charge >= 0.3 is 5.97 Å². The quantitative estimate of drug-likeness (QED) is 0.373. The molecule has 2 N–H and O–H groups in total. The average Bonchev–Trinajstić information content (AvgIpc) is 2.74. The maximum Gasteiger partial charge on any atom is 0.310 e. The molecule has 168 valence electrons. The number of ether oxygens (including phenoxy) is 3. The minimum Gasteiger partial charge on any atom is -0.484 e. The second kappa shape index (κ2) is 12.0. The number of hydrogen-bond acceptors (Lipinski definition) is 7. The first kappa shape index (κ1) is 24.3. The molecule has 0 radical (unpaired) electrons. The van der Waals surface area contributed by atoms with Gasteiger partial charge in [0.1, 0.15) is 5.75 Å². The third-order valence-electron chi connectivity index (χ3n) is 3.99. The maximum absolute atomic E-state index is 12.1. The van der Waals surface area contributed by atoms with Crippen molar-refractivity contribution in [2.45, 2.75) is 18.2 Å². The number of nitrogens with one attached hydrogen (secondary N) is 2. The SMILES string of the molecule is CCOC(=O)Cc1ccc(NC(=O)COc2ccc(S(=O)(=O)NCCOC)cc2)cc1. The number of esters is 1. The van der Waals surface area contributed by atoms with Gasteiger partial charge in [-0.05, 0) is 48.9 Å². The van der Waals surface area contributed by atoms with Crippen LogP contribution in [0.3, 0.4) is 0 Å². The summed E-state index contributed by atoms with van der Waals surface area (Å²) in [5.41, 5.74) is 1.34. The molecule has 0 spiro atoms. The molecule has 2 rings (SSSR count). The molecule has 0 aliphatic rings. The Balaban J connectivity index is 1.82. The molecule has 9 nitrogen and oxygen atoms in total. The molecule has 1 amide bonds. The lowest BCUT2D eigenvalue weighted by Gasteiger charge is -2.10. The predicted molar refractivity (Wildman–Crippen MR) is 114 cm³/mol. The second-order valence-corrected chi connectivity index (χ2v) is 8.14. The van der Waals surface area contributed by atoms with Crippen molar-refractivity contribution in [2.24, 2.45) is 0 Å². The van der Waals surface area contributed by atoms with Crippen LogP contribution in [0.25, 0.3) is 0 Å². The Morgan fingerprint density at radius 1 is 1.00 bits per heavy atom. The van der Waals surface area contributed by atoms with Crippen molar-refractivity contribution in [3.8, 4) is 5.75 Å². The summed E-state index contributed by atoms with van der Waals surface area (Å²) in [6.07, 6.45) is 0.165. The fourth-order valence-electron chi connectivity index (χ4n) is 2.51. The van der Waals surface area contributed by atoms with E-state index < -0.39 is 10.0 Å². The number of benzene rings is 2. The largest absolute Gasteiger partial charge is 0.484 e. The number of sulfonamides is 1. The highest BCUT2D eigenvalue weighted by Crippen LogP contribution is 2.16. The van der Waals surface area contributed by atoms with E-state index in [1.807, 2.05) is 0 Å². The summed E-state index contributed by atoms with van der Waals surface area (Å²) in [6.45, 7) is 2.26. The van der Waals surface area contributed by atoms with Crippen LogP contribution in [0, 0.1) is 0 Å². The lowest BCUT2D eigenvalue weighted by molar-refractivity contribution is -0.142. The van der Waals surface area contributed by atoms with Crippen LogP contribution in [-0.2, 0) is 35.5 Å². The number of rotatable bonds is 12. The van der Waals surface area contributed by atoms with Crippen molar-refractivity contribution in [1.82, 2.24) is 4.72 Å². The molecule has 0 fully saturated rings. The number of hydrogen-bond donors (Lipinski definition) is 2. The summed E-state index contributed by atoms with van der Waals surface area (Å²) in [7, 11) is -2.15. The van der Waals surface area contributed by atoms with Crippen LogP contribution < -0.4 is 14.8 Å². The molecule has 31 heavy (non-hydrogen) atoms. The first-order chi connectivity index (χ1) is 14.8. The molecule has 10 heteroatoms. The molecule has 2 aromatic carbocycles. The predicted octanol–water partition coefficient (Wildman–Crippen LogP) is 1.73. The van der Waals surface area contributed by atoms with Crippen LogP contribution in [0.2, 0.25) is 0 Å². The highest BCUT2D eigenvalue weighted by atomic mass is 32.2. The van der Waals surface area contributed by atoms with Gasteiger partial charge in [0.05, 0.1) is 24.5 Å². The normalized spacial score (nSPS) is 11.0. The smallest absolute Gasteiger partial charge is 0.310 e. The van der Waals surface area contributed by atoms with Crippen LogP contribution in [-0.4, -0.2) is 53.8 Å². The van der Waals surface area contributed by atoms with Crippen molar-refractivity contribution in [3.63, 3.8) is 0 Å². The van der Waals surface area contributed by atoms with Crippen molar-refractivity contribution < 1.29 is 32.2 Å². The summed E-state index contributed by atoms with van der Waals surface area (Å²) < 4.78 is 41.7. The number of anilines is 1. The fraction of sp³-hybridized carbons (Fsp3) is 0.333. The maximum atomic E-state index is 12.1. The average molecular weight is 451 g/mol. The molecule has 0 saturated carbocycles. The van der Waals surface area contributed by atoms with Gasteiger partial charge < -0.3 is 19.5 Å². The Labute approximate surface area is 181 Å². The Morgan fingerprint density at radius 3 is 2.29 bits per heavy atom. The van der Waals surface area contributed by atoms with Crippen molar-refractivity contribution >= 4 is 27.6 Å². The molecule has 0 atom stereocenters. The zero-order valence-corrected chi connectivity index (χ0v) is 18.2. The van der Waals surface area contributed by atoms with Crippen LogP contribution in [0.1, 0.15) is 12.5 Å². The van der Waals surface area contributed by atoms with Gasteiger partial charge in [0.15, 0.2) is 6.61 Å². The number of carbonyl (C=O) groups excluding carboxylic acids is 2. The second-order valence-electron chi connectivity index (χ2n) is 6.38. The van der Waals surface area contributed by atoms with Crippen LogP contribution in [0.4, 0.5) is 5.69 Å². The fourth-order valence-corrected chi connectivity index (χ4v) is 3.52. The number of methoxy groups -OCH3 is 1. The van der Waals surface area contributed by atoms with Crippen molar-refractivity contribution in [1.29, 1.82) is 0 Å². The molecule has 2 aromatic rings. The summed E-state index contributed by atoms with van der Waals surface area (Å²) in [6, 6.07) is 12.6. The highest BCUT2D eigenvalue weighted by Gasteiger charge is 2.13. The minimum absolute atomic E-state index is 0.0864. The van der Waals surface area contributed by atoms with E-state index >= 15 is 0 Å². The molecular formula is C21H26N2O7S. The van der Waals surface area contributed by atoms with E-state index in [9.17, 15) is 18.0 Å². The van der Waals surface area contributed by atoms with Gasteiger partial charge in [-0.3, -0.25) is 9.59 Å². The third kappa shape index (κ3) is 8.36. The van der Waals surface area contributed by atoms with Crippen LogP contribution >= 0.6 is 0 Å². The van der Waals surface area contributed by atoms with Gasteiger partial charge in [0, 0.05) is 19.3 Å². The van der Waals surface area contributed by atoms with Gasteiger partial charge in [-0.1, -0.05) is 12.1 Å². The standard InChI is InChI=1S/C21H26N2O7S/c1-3-29-21(25)14-16-4-6-17(7-5-16)23-20(24)15-30-18-8-10-19(11-9-18)31(26,27)22-12-13-28-2/h4-11,22H,3,12-15H2,1-2H3,(H,23,24). The van der Waals surface area contributed by atoms with Crippen molar-refractivity contribution in [3.05, 3.63) is 54.1 Å². The van der Waals surface area contributed by atoms with E-state index in [1.165, 1.54) is 31.4 Å². The van der Waals surface area contributed by atoms with E-state index in [2.05, 4.69) is 10.0 Å². The van der Waals surface area contributed by atoms with Gasteiger partial charge in [0.2, 0.25) is 10.0 Å². The third-order valence-corrected chi connectivity index (χ3v) is 5.47. The summed E-state index contributed by atoms with van der Waals surface area (Å²) in [5, 5.41) is 2.68. The van der Waals surface area contributed by atoms with E-state index in [0.717, 1.165) is 5.56 Å². The summed E-state index contributed by atoms with van der Waals surface area (Å²) in [5.74, 6) is -0.330. The molecule has 0 unspecified atom stereocenters. The molecule has 0 saturated heterocycles. The van der Waals surface area contributed by atoms with Gasteiger partial charge in [-0.25, -0.2) is 13.1 Å². The lowest BCUT2D eigenvalue weighted by atomic mass is 10.1. The van der Waals surface area contributed by atoms with Crippen LogP contribution in [0.5, 0.6) is 5.75 Å². The molecule has 0 heterocycles. The summed E-state index contributed by atoms with van der Waals surface area (Å²) in [4.78, 5) is 23.6. The molecule has 0 aliphatic carbocycles. The molecule has 0 aromatic heterocycles. The Morgan fingerprint density at radius 2 is 1.68 bits per heavy atom. The Kier molecular flexibility index (Phi) is 9.44. The highest BCUT2D eigenvalue weighted by molar-refractivity contribution is 7.89. The zero-order valence-electron chi connectivity index (χ0n) is 17.4. The monoisotopic (exact) mass is 450 g/mol.